The van der Waals surface area contributed by atoms with Crippen molar-refractivity contribution in [3.63, 3.8) is 0 Å². The van der Waals surface area contributed by atoms with Crippen molar-refractivity contribution >= 4 is 28.1 Å². The molecule has 5 nitrogen and oxygen atoms in total. The average Bonchev–Trinajstić information content (AvgIpc) is 3.11. The number of fused-ring (bicyclic) bond motifs is 1. The molecule has 3 heterocycles. The second kappa shape index (κ2) is 4.89. The molecule has 1 aromatic carbocycles. The molecule has 0 atom stereocenters. The summed E-state index contributed by atoms with van der Waals surface area (Å²) < 4.78 is 5.68. The van der Waals surface area contributed by atoms with E-state index >= 15 is 0 Å². The number of nitrogens with one attached hydrogen (secondary N) is 1. The zero-order valence-electron chi connectivity index (χ0n) is 11.2. The Morgan fingerprint density at radius 2 is 2.24 bits per heavy atom. The minimum Gasteiger partial charge on any atom is -0.463 e. The first-order chi connectivity index (χ1) is 10.3. The normalized spacial score (nSPS) is 15.1. The van der Waals surface area contributed by atoms with E-state index < -0.39 is 0 Å². The van der Waals surface area contributed by atoms with Gasteiger partial charge in [0.1, 0.15) is 6.10 Å². The number of hydrogen-bond acceptors (Lipinski definition) is 4. The third-order valence-corrected chi connectivity index (χ3v) is 4.29. The van der Waals surface area contributed by atoms with Gasteiger partial charge >= 0.3 is 0 Å². The summed E-state index contributed by atoms with van der Waals surface area (Å²) in [6.45, 7) is 1.22. The Bertz CT molecular complexity index is 775. The first kappa shape index (κ1) is 12.4. The van der Waals surface area contributed by atoms with Crippen LogP contribution in [-0.2, 0) is 0 Å². The van der Waals surface area contributed by atoms with Crippen molar-refractivity contribution < 1.29 is 9.53 Å². The third kappa shape index (κ3) is 2.17. The van der Waals surface area contributed by atoms with Crippen LogP contribution in [0.3, 0.4) is 0 Å². The van der Waals surface area contributed by atoms with Crippen molar-refractivity contribution in [2.45, 2.75) is 6.10 Å². The Labute approximate surface area is 125 Å². The number of H-pyrrole nitrogens is 1. The second-order valence-corrected chi connectivity index (χ2v) is 5.85. The highest BCUT2D eigenvalue weighted by Crippen LogP contribution is 2.24. The summed E-state index contributed by atoms with van der Waals surface area (Å²) in [6, 6.07) is 7.82. The molecule has 0 spiro atoms. The minimum absolute atomic E-state index is 0.0466. The predicted molar refractivity (Wildman–Crippen MR) is 80.7 cm³/mol. The molecule has 3 aromatic rings. The van der Waals surface area contributed by atoms with Gasteiger partial charge in [0.25, 0.3) is 11.1 Å². The first-order valence-corrected chi connectivity index (χ1v) is 7.61. The minimum atomic E-state index is 0.0466. The number of carbonyl (C=O) groups excluding carboxylic acids is 1. The molecule has 4 rings (SSSR count). The quantitative estimate of drug-likeness (QED) is 0.808. The van der Waals surface area contributed by atoms with Gasteiger partial charge in [-0.3, -0.25) is 4.79 Å². The average molecular weight is 299 g/mol. The molecule has 1 aliphatic heterocycles. The summed E-state index contributed by atoms with van der Waals surface area (Å²) in [7, 11) is 0. The van der Waals surface area contributed by atoms with Crippen molar-refractivity contribution in [1.82, 2.24) is 14.9 Å². The van der Waals surface area contributed by atoms with Gasteiger partial charge in [0.05, 0.1) is 18.7 Å². The predicted octanol–water partition coefficient (Wildman–Crippen LogP) is 2.53. The van der Waals surface area contributed by atoms with Crippen LogP contribution in [0.5, 0.6) is 5.19 Å². The van der Waals surface area contributed by atoms with E-state index in [2.05, 4.69) is 9.97 Å². The number of benzene rings is 1. The van der Waals surface area contributed by atoms with E-state index in [0.717, 1.165) is 16.5 Å². The fraction of sp³-hybridized carbons (Fsp3) is 0.200. The second-order valence-electron chi connectivity index (χ2n) is 5.00. The highest BCUT2D eigenvalue weighted by Gasteiger charge is 2.34. The van der Waals surface area contributed by atoms with E-state index in [0.29, 0.717) is 18.3 Å². The van der Waals surface area contributed by atoms with Gasteiger partial charge in [0, 0.05) is 28.7 Å². The van der Waals surface area contributed by atoms with Crippen LogP contribution in [0.15, 0.2) is 42.0 Å². The molecule has 0 saturated carbocycles. The molecule has 0 radical (unpaired) electrons. The molecular weight excluding hydrogens is 286 g/mol. The van der Waals surface area contributed by atoms with Crippen molar-refractivity contribution in [1.29, 1.82) is 0 Å². The Kier molecular flexibility index (Phi) is 2.89. The lowest BCUT2D eigenvalue weighted by molar-refractivity contribution is 0.0178. The lowest BCUT2D eigenvalue weighted by Crippen LogP contribution is -2.56. The molecule has 1 aliphatic rings. The van der Waals surface area contributed by atoms with Crippen molar-refractivity contribution in [3.8, 4) is 5.19 Å². The molecule has 0 unspecified atom stereocenters. The van der Waals surface area contributed by atoms with E-state index in [1.54, 1.807) is 17.3 Å². The number of nitrogens with zero attached hydrogens (tertiary/aromatic N) is 2. The summed E-state index contributed by atoms with van der Waals surface area (Å²) in [5.41, 5.74) is 1.70. The van der Waals surface area contributed by atoms with Crippen LogP contribution in [0.25, 0.3) is 10.9 Å². The maximum absolute atomic E-state index is 12.5. The van der Waals surface area contributed by atoms with Crippen LogP contribution in [0.1, 0.15) is 10.4 Å². The highest BCUT2D eigenvalue weighted by atomic mass is 32.1. The Morgan fingerprint density at radius 1 is 1.38 bits per heavy atom. The number of rotatable bonds is 3. The molecule has 106 valence electrons. The van der Waals surface area contributed by atoms with E-state index in [1.807, 2.05) is 29.6 Å². The van der Waals surface area contributed by atoms with Crippen molar-refractivity contribution in [2.24, 2.45) is 0 Å². The van der Waals surface area contributed by atoms with Gasteiger partial charge in [0.2, 0.25) is 0 Å². The summed E-state index contributed by atoms with van der Waals surface area (Å²) in [5, 5.41) is 3.51. The molecule has 21 heavy (non-hydrogen) atoms. The van der Waals surface area contributed by atoms with E-state index in [9.17, 15) is 4.79 Å². The number of aromatic amines is 1. The highest BCUT2D eigenvalue weighted by molar-refractivity contribution is 7.11. The van der Waals surface area contributed by atoms with E-state index in [-0.39, 0.29) is 12.0 Å². The van der Waals surface area contributed by atoms with Gasteiger partial charge in [-0.25, -0.2) is 4.98 Å². The lowest BCUT2D eigenvalue weighted by Gasteiger charge is -2.38. The standard InChI is InChI=1S/C15H13N3O2S/c19-14(12-7-17-13-4-2-1-3-11(12)13)18-8-10(9-18)20-15-16-5-6-21-15/h1-7,10,17H,8-9H2. The van der Waals surface area contributed by atoms with Crippen LogP contribution in [0.4, 0.5) is 0 Å². The van der Waals surface area contributed by atoms with Gasteiger partial charge < -0.3 is 14.6 Å². The number of likely N-dealkylation sites (tertiary alicyclic amines) is 1. The molecule has 2 aromatic heterocycles. The smallest absolute Gasteiger partial charge is 0.273 e. The number of hydrogen-bond donors (Lipinski definition) is 1. The zero-order chi connectivity index (χ0) is 14.2. The summed E-state index contributed by atoms with van der Waals surface area (Å²) in [6.07, 6.45) is 3.54. The van der Waals surface area contributed by atoms with Crippen LogP contribution < -0.4 is 4.74 Å². The largest absolute Gasteiger partial charge is 0.463 e. The van der Waals surface area contributed by atoms with Gasteiger partial charge in [-0.2, -0.15) is 0 Å². The van der Waals surface area contributed by atoms with Crippen LogP contribution in [0.2, 0.25) is 0 Å². The van der Waals surface area contributed by atoms with E-state index in [1.165, 1.54) is 11.3 Å². The fourth-order valence-corrected chi connectivity index (χ4v) is 3.06. The van der Waals surface area contributed by atoms with Gasteiger partial charge in [0.15, 0.2) is 0 Å². The number of thiazole rings is 1. The van der Waals surface area contributed by atoms with Crippen molar-refractivity contribution in [3.05, 3.63) is 47.6 Å². The molecule has 0 aliphatic carbocycles. The SMILES string of the molecule is O=C(c1c[nH]c2ccccc12)N1CC(Oc2nccs2)C1. The monoisotopic (exact) mass is 299 g/mol. The van der Waals surface area contributed by atoms with Gasteiger partial charge in [-0.05, 0) is 6.07 Å². The van der Waals surface area contributed by atoms with Gasteiger partial charge in [-0.1, -0.05) is 29.5 Å². The zero-order valence-corrected chi connectivity index (χ0v) is 12.0. The number of para-hydroxylation sites is 1. The maximum atomic E-state index is 12.5. The molecule has 6 heteroatoms. The Balaban J connectivity index is 1.45. The fourth-order valence-electron chi connectivity index (χ4n) is 2.51. The summed E-state index contributed by atoms with van der Waals surface area (Å²) >= 11 is 1.47. The maximum Gasteiger partial charge on any atom is 0.273 e. The third-order valence-electron chi connectivity index (χ3n) is 3.63. The van der Waals surface area contributed by atoms with Crippen molar-refractivity contribution in [2.75, 3.05) is 13.1 Å². The first-order valence-electron chi connectivity index (χ1n) is 6.73. The van der Waals surface area contributed by atoms with Crippen LogP contribution in [-0.4, -0.2) is 40.0 Å². The number of aromatic nitrogens is 2. The molecule has 1 N–H and O–H groups in total. The van der Waals surface area contributed by atoms with Crippen LogP contribution in [0, 0.1) is 0 Å². The molecule has 1 fully saturated rings. The van der Waals surface area contributed by atoms with E-state index in [4.69, 9.17) is 4.74 Å². The topological polar surface area (TPSA) is 58.2 Å². The Hall–Kier alpha value is -2.34. The number of carbonyl (C=O) groups is 1. The Morgan fingerprint density at radius 3 is 3.05 bits per heavy atom. The molecule has 1 saturated heterocycles. The molecule has 1 amide bonds. The van der Waals surface area contributed by atoms with Crippen LogP contribution >= 0.6 is 11.3 Å². The molecular formula is C15H13N3O2S. The number of ether oxygens (including phenoxy) is 1. The van der Waals surface area contributed by atoms with Gasteiger partial charge in [-0.15, -0.1) is 0 Å². The number of amides is 1. The lowest BCUT2D eigenvalue weighted by atomic mass is 10.1. The summed E-state index contributed by atoms with van der Waals surface area (Å²) in [4.78, 5) is 21.5. The molecule has 0 bridgehead atoms. The summed E-state index contributed by atoms with van der Waals surface area (Å²) in [5.74, 6) is 0.0476.